The SMILES string of the molecule is CC(C)C(C)C(=O)C1(N)CCCN(c2cnc(-c3ccc(F)c(F)c3)cc2Cn2cnc3c(N)ncnc32)C1. The maximum atomic E-state index is 14.0. The van der Waals surface area contributed by atoms with Gasteiger partial charge in [-0.15, -0.1) is 0 Å². The van der Waals surface area contributed by atoms with Gasteiger partial charge in [-0.05, 0) is 48.6 Å². The van der Waals surface area contributed by atoms with Gasteiger partial charge in [-0.3, -0.25) is 9.78 Å². The van der Waals surface area contributed by atoms with Gasteiger partial charge >= 0.3 is 0 Å². The molecule has 0 aliphatic carbocycles. The smallest absolute Gasteiger partial charge is 0.165 e. The summed E-state index contributed by atoms with van der Waals surface area (Å²) in [7, 11) is 0. The van der Waals surface area contributed by atoms with Crippen LogP contribution in [-0.2, 0) is 11.3 Å². The van der Waals surface area contributed by atoms with Crippen LogP contribution in [0.4, 0.5) is 20.3 Å². The minimum atomic E-state index is -0.985. The number of hydrogen-bond acceptors (Lipinski definition) is 8. The molecule has 0 amide bonds. The van der Waals surface area contributed by atoms with Gasteiger partial charge in [-0.2, -0.15) is 0 Å². The number of nitrogens with zero attached hydrogens (tertiary/aromatic N) is 6. The fraction of sp³-hybridized carbons (Fsp3) is 0.393. The van der Waals surface area contributed by atoms with Crippen LogP contribution in [0.3, 0.4) is 0 Å². The molecule has 1 aliphatic rings. The lowest BCUT2D eigenvalue weighted by Gasteiger charge is -2.42. The Morgan fingerprint density at radius 1 is 1.10 bits per heavy atom. The van der Waals surface area contributed by atoms with E-state index in [4.69, 9.17) is 11.5 Å². The molecule has 0 radical (unpaired) electrons. The van der Waals surface area contributed by atoms with Crippen molar-refractivity contribution in [2.24, 2.45) is 17.6 Å². The maximum absolute atomic E-state index is 14.0. The molecule has 1 aromatic carbocycles. The van der Waals surface area contributed by atoms with Crippen LogP contribution in [0.5, 0.6) is 0 Å². The third-order valence-electron chi connectivity index (χ3n) is 7.72. The fourth-order valence-electron chi connectivity index (χ4n) is 5.16. The number of carbonyl (C=O) groups is 1. The number of rotatable bonds is 7. The van der Waals surface area contributed by atoms with Gasteiger partial charge in [0, 0.05) is 24.6 Å². The lowest BCUT2D eigenvalue weighted by molar-refractivity contribution is -0.129. The third-order valence-corrected chi connectivity index (χ3v) is 7.72. The molecule has 5 rings (SSSR count). The van der Waals surface area contributed by atoms with Crippen molar-refractivity contribution in [2.45, 2.75) is 45.7 Å². The average molecular weight is 535 g/mol. The second-order valence-corrected chi connectivity index (χ2v) is 10.7. The number of aromatic nitrogens is 5. The molecule has 3 aromatic heterocycles. The minimum Gasteiger partial charge on any atom is -0.382 e. The number of piperidine rings is 1. The summed E-state index contributed by atoms with van der Waals surface area (Å²) in [5.41, 5.74) is 15.4. The first-order chi connectivity index (χ1) is 18.6. The number of halogens is 2. The van der Waals surface area contributed by atoms with Crippen molar-refractivity contribution in [3.05, 3.63) is 60.3 Å². The van der Waals surface area contributed by atoms with Crippen LogP contribution < -0.4 is 16.4 Å². The molecule has 0 bridgehead atoms. The Kier molecular flexibility index (Phi) is 7.02. The molecule has 1 aliphatic heterocycles. The van der Waals surface area contributed by atoms with Crippen LogP contribution in [0.1, 0.15) is 39.2 Å². The first-order valence-electron chi connectivity index (χ1n) is 13.0. The highest BCUT2D eigenvalue weighted by molar-refractivity contribution is 5.91. The van der Waals surface area contributed by atoms with E-state index in [2.05, 4.69) is 24.8 Å². The minimum absolute atomic E-state index is 0.0582. The number of ketones is 1. The van der Waals surface area contributed by atoms with E-state index in [1.165, 1.54) is 12.4 Å². The van der Waals surface area contributed by atoms with Crippen LogP contribution in [0.2, 0.25) is 0 Å². The lowest BCUT2D eigenvalue weighted by atomic mass is 9.77. The van der Waals surface area contributed by atoms with Gasteiger partial charge in [0.05, 0.1) is 36.0 Å². The number of imidazole rings is 1. The normalized spacial score (nSPS) is 18.6. The summed E-state index contributed by atoms with van der Waals surface area (Å²) < 4.78 is 29.5. The van der Waals surface area contributed by atoms with E-state index in [0.29, 0.717) is 48.5 Å². The van der Waals surface area contributed by atoms with E-state index in [1.807, 2.05) is 31.4 Å². The second-order valence-electron chi connectivity index (χ2n) is 10.7. The van der Waals surface area contributed by atoms with Crippen molar-refractivity contribution in [2.75, 3.05) is 23.7 Å². The predicted octanol–water partition coefficient (Wildman–Crippen LogP) is 3.96. The summed E-state index contributed by atoms with van der Waals surface area (Å²) in [4.78, 5) is 32.8. The van der Waals surface area contributed by atoms with E-state index in [0.717, 1.165) is 29.8 Å². The Morgan fingerprint density at radius 3 is 2.64 bits per heavy atom. The maximum Gasteiger partial charge on any atom is 0.165 e. The molecule has 0 saturated carbocycles. The number of nitrogens with two attached hydrogens (primary N) is 2. The van der Waals surface area contributed by atoms with Crippen molar-refractivity contribution in [1.82, 2.24) is 24.5 Å². The van der Waals surface area contributed by atoms with Crippen LogP contribution in [0, 0.1) is 23.5 Å². The van der Waals surface area contributed by atoms with Gasteiger partial charge in [-0.1, -0.05) is 20.8 Å². The van der Waals surface area contributed by atoms with Gasteiger partial charge in [0.15, 0.2) is 28.9 Å². The molecule has 39 heavy (non-hydrogen) atoms. The first kappa shape index (κ1) is 26.6. The molecule has 4 N–H and O–H groups in total. The van der Waals surface area contributed by atoms with Crippen molar-refractivity contribution >= 4 is 28.5 Å². The Morgan fingerprint density at radius 2 is 1.90 bits per heavy atom. The molecule has 1 saturated heterocycles. The standard InChI is InChI=1S/C28H32F2N8O/c1-16(2)17(3)25(39)28(32)7-4-8-37(13-28)23-11-33-22(18-5-6-20(29)21(30)9-18)10-19(23)12-38-15-36-24-26(31)34-14-35-27(24)38/h5-6,9-11,14-17H,4,7-8,12-13,32H2,1-3H3,(H2,31,34,35). The molecular formula is C28H32F2N8O. The third kappa shape index (κ3) is 5.06. The zero-order valence-electron chi connectivity index (χ0n) is 22.2. The summed E-state index contributed by atoms with van der Waals surface area (Å²) in [6, 6.07) is 5.53. The van der Waals surface area contributed by atoms with Crippen LogP contribution in [0.15, 0.2) is 43.1 Å². The molecule has 0 spiro atoms. The number of anilines is 2. The van der Waals surface area contributed by atoms with Crippen molar-refractivity contribution in [3.63, 3.8) is 0 Å². The molecule has 204 valence electrons. The molecule has 9 nitrogen and oxygen atoms in total. The van der Waals surface area contributed by atoms with Crippen molar-refractivity contribution in [1.29, 1.82) is 0 Å². The van der Waals surface area contributed by atoms with Gasteiger partial charge < -0.3 is 20.9 Å². The zero-order valence-corrected chi connectivity index (χ0v) is 22.2. The van der Waals surface area contributed by atoms with Gasteiger partial charge in [0.25, 0.3) is 0 Å². The van der Waals surface area contributed by atoms with Gasteiger partial charge in [-0.25, -0.2) is 23.7 Å². The van der Waals surface area contributed by atoms with Crippen molar-refractivity contribution in [3.8, 4) is 11.3 Å². The van der Waals surface area contributed by atoms with E-state index in [9.17, 15) is 13.6 Å². The van der Waals surface area contributed by atoms with Crippen molar-refractivity contribution < 1.29 is 13.6 Å². The molecule has 4 aromatic rings. The van der Waals surface area contributed by atoms with Crippen LogP contribution >= 0.6 is 0 Å². The predicted molar refractivity (Wildman–Crippen MR) is 146 cm³/mol. The molecular weight excluding hydrogens is 502 g/mol. The number of carbonyl (C=O) groups excluding carboxylic acids is 1. The first-order valence-corrected chi connectivity index (χ1v) is 13.0. The second kappa shape index (κ2) is 10.3. The number of Topliss-reactive ketones (excluding diaryl/α,β-unsaturated/α-hetero) is 1. The number of fused-ring (bicyclic) bond motifs is 1. The largest absolute Gasteiger partial charge is 0.382 e. The Labute approximate surface area is 225 Å². The monoisotopic (exact) mass is 534 g/mol. The lowest BCUT2D eigenvalue weighted by Crippen LogP contribution is -2.61. The average Bonchev–Trinajstić information content (AvgIpc) is 3.33. The summed E-state index contributed by atoms with van der Waals surface area (Å²) in [6.45, 7) is 7.37. The Bertz CT molecular complexity index is 1540. The number of pyridine rings is 1. The highest BCUT2D eigenvalue weighted by atomic mass is 19.2. The topological polar surface area (TPSA) is 129 Å². The van der Waals surface area contributed by atoms with Crippen LogP contribution in [-0.4, -0.2) is 48.9 Å². The zero-order chi connectivity index (χ0) is 27.9. The quantitative estimate of drug-likeness (QED) is 0.365. The van der Waals surface area contributed by atoms with Gasteiger partial charge in [0.2, 0.25) is 0 Å². The van der Waals surface area contributed by atoms with E-state index >= 15 is 0 Å². The number of nitrogen functional groups attached to an aromatic ring is 1. The molecule has 11 heteroatoms. The highest BCUT2D eigenvalue weighted by Crippen LogP contribution is 2.33. The molecule has 2 unspecified atom stereocenters. The molecule has 4 heterocycles. The van der Waals surface area contributed by atoms with Crippen LogP contribution in [0.25, 0.3) is 22.4 Å². The van der Waals surface area contributed by atoms with Gasteiger partial charge in [0.1, 0.15) is 11.8 Å². The summed E-state index contributed by atoms with van der Waals surface area (Å²) in [5.74, 6) is -1.52. The molecule has 2 atom stereocenters. The Balaban J connectivity index is 1.56. The van der Waals surface area contributed by atoms with E-state index in [1.54, 1.807) is 12.5 Å². The summed E-state index contributed by atoms with van der Waals surface area (Å²) >= 11 is 0. The van der Waals surface area contributed by atoms with E-state index < -0.39 is 17.2 Å². The fourth-order valence-corrected chi connectivity index (χ4v) is 5.16. The number of benzene rings is 1. The number of hydrogen-bond donors (Lipinski definition) is 2. The highest BCUT2D eigenvalue weighted by Gasteiger charge is 2.41. The summed E-state index contributed by atoms with van der Waals surface area (Å²) in [5, 5.41) is 0. The Hall–Kier alpha value is -3.99. The summed E-state index contributed by atoms with van der Waals surface area (Å²) in [6.07, 6.45) is 6.07. The van der Waals surface area contributed by atoms with E-state index in [-0.39, 0.29) is 23.4 Å². The molecule has 1 fully saturated rings.